The van der Waals surface area contributed by atoms with Crippen molar-refractivity contribution in [2.45, 2.75) is 19.8 Å². The van der Waals surface area contributed by atoms with Crippen LogP contribution in [0.25, 0.3) is 11.0 Å². The average molecular weight is 287 g/mol. The van der Waals surface area contributed by atoms with Gasteiger partial charge in [0.15, 0.2) is 0 Å². The molecule has 21 heavy (non-hydrogen) atoms. The van der Waals surface area contributed by atoms with E-state index in [2.05, 4.69) is 10.3 Å². The number of fused-ring (bicyclic) bond motifs is 1. The zero-order valence-electron chi connectivity index (χ0n) is 12.3. The van der Waals surface area contributed by atoms with E-state index in [0.717, 1.165) is 18.4 Å². The van der Waals surface area contributed by atoms with E-state index >= 15 is 0 Å². The van der Waals surface area contributed by atoms with Gasteiger partial charge in [0.25, 0.3) is 0 Å². The lowest BCUT2D eigenvalue weighted by Crippen LogP contribution is -2.23. The van der Waals surface area contributed by atoms with E-state index in [1.807, 2.05) is 14.0 Å². The second-order valence-corrected chi connectivity index (χ2v) is 5.70. The molecule has 1 saturated carbocycles. The molecule has 1 aromatic carbocycles. The number of carbonyl (C=O) groups is 2. The van der Waals surface area contributed by atoms with Gasteiger partial charge in [-0.1, -0.05) is 6.92 Å². The Bertz CT molecular complexity index is 744. The van der Waals surface area contributed by atoms with Crippen LogP contribution in [0, 0.1) is 5.41 Å². The molecule has 0 aliphatic heterocycles. The first-order chi connectivity index (χ1) is 9.94. The maximum Gasteiger partial charge on any atom is 0.337 e. The molecule has 0 unspecified atom stereocenters. The third-order valence-corrected chi connectivity index (χ3v) is 4.08. The Morgan fingerprint density at radius 3 is 2.71 bits per heavy atom. The summed E-state index contributed by atoms with van der Waals surface area (Å²) >= 11 is 0. The smallest absolute Gasteiger partial charge is 0.337 e. The lowest BCUT2D eigenvalue weighted by Gasteiger charge is -2.09. The molecule has 0 radical (unpaired) electrons. The molecule has 110 valence electrons. The van der Waals surface area contributed by atoms with Gasteiger partial charge < -0.3 is 9.30 Å². The third kappa shape index (κ3) is 2.26. The summed E-state index contributed by atoms with van der Waals surface area (Å²) in [5, 5.41) is 2.86. The Labute approximate surface area is 122 Å². The van der Waals surface area contributed by atoms with Crippen LogP contribution >= 0.6 is 0 Å². The fraction of sp³-hybridized carbons (Fsp3) is 0.400. The Morgan fingerprint density at radius 1 is 1.38 bits per heavy atom. The summed E-state index contributed by atoms with van der Waals surface area (Å²) in [6.07, 6.45) is 1.82. The molecule has 1 aliphatic rings. The van der Waals surface area contributed by atoms with Crippen LogP contribution in [0.15, 0.2) is 18.2 Å². The summed E-state index contributed by atoms with van der Waals surface area (Å²) in [4.78, 5) is 28.0. The van der Waals surface area contributed by atoms with Crippen molar-refractivity contribution < 1.29 is 14.3 Å². The molecule has 1 fully saturated rings. The molecule has 0 spiro atoms. The maximum absolute atomic E-state index is 12.1. The van der Waals surface area contributed by atoms with Crippen LogP contribution in [0.1, 0.15) is 30.1 Å². The standard InChI is InChI=1S/C15H17N3O3/c1-15(6-7-15)13(20)17-14-16-10-8-9(12(19)21-3)4-5-11(10)18(14)2/h4-5,8H,6-7H2,1-3H3,(H,16,17,20). The number of benzene rings is 1. The summed E-state index contributed by atoms with van der Waals surface area (Å²) in [7, 11) is 3.17. The van der Waals surface area contributed by atoms with Crippen molar-refractivity contribution in [3.05, 3.63) is 23.8 Å². The highest BCUT2D eigenvalue weighted by Crippen LogP contribution is 2.45. The SMILES string of the molecule is COC(=O)c1ccc2c(c1)nc(NC(=O)C1(C)CC1)n2C. The van der Waals surface area contributed by atoms with Gasteiger partial charge in [-0.2, -0.15) is 0 Å². The number of hydrogen-bond acceptors (Lipinski definition) is 4. The number of carbonyl (C=O) groups excluding carboxylic acids is 2. The van der Waals surface area contributed by atoms with E-state index in [-0.39, 0.29) is 11.3 Å². The second-order valence-electron chi connectivity index (χ2n) is 5.70. The van der Waals surface area contributed by atoms with Gasteiger partial charge in [0.05, 0.1) is 23.7 Å². The lowest BCUT2D eigenvalue weighted by atomic mass is 10.1. The minimum Gasteiger partial charge on any atom is -0.465 e. The van der Waals surface area contributed by atoms with Crippen molar-refractivity contribution >= 4 is 28.9 Å². The van der Waals surface area contributed by atoms with Gasteiger partial charge >= 0.3 is 5.97 Å². The van der Waals surface area contributed by atoms with Crippen LogP contribution in [0.5, 0.6) is 0 Å². The molecular formula is C15H17N3O3. The number of anilines is 1. The highest BCUT2D eigenvalue weighted by molar-refractivity contribution is 5.98. The summed E-state index contributed by atoms with van der Waals surface area (Å²) in [5.41, 5.74) is 1.68. The fourth-order valence-electron chi connectivity index (χ4n) is 2.22. The van der Waals surface area contributed by atoms with Gasteiger partial charge in [0.1, 0.15) is 0 Å². The molecule has 0 atom stereocenters. The predicted octanol–water partition coefficient (Wildman–Crippen LogP) is 2.10. The fourth-order valence-corrected chi connectivity index (χ4v) is 2.22. The Balaban J connectivity index is 1.95. The number of aryl methyl sites for hydroxylation is 1. The van der Waals surface area contributed by atoms with Gasteiger partial charge in [0, 0.05) is 12.5 Å². The molecule has 0 bridgehead atoms. The number of methoxy groups -OCH3 is 1. The topological polar surface area (TPSA) is 73.2 Å². The average Bonchev–Trinajstić information content (AvgIpc) is 3.16. The number of ether oxygens (including phenoxy) is 1. The maximum atomic E-state index is 12.1. The van der Waals surface area contributed by atoms with E-state index in [9.17, 15) is 9.59 Å². The van der Waals surface area contributed by atoms with Crippen LogP contribution in [-0.2, 0) is 16.6 Å². The number of esters is 1. The molecular weight excluding hydrogens is 270 g/mol. The minimum absolute atomic E-state index is 0.00547. The number of imidazole rings is 1. The molecule has 2 aromatic rings. The van der Waals surface area contributed by atoms with Gasteiger partial charge in [-0.3, -0.25) is 10.1 Å². The number of nitrogens with one attached hydrogen (secondary N) is 1. The summed E-state index contributed by atoms with van der Waals surface area (Å²) in [5.74, 6) is 0.0814. The lowest BCUT2D eigenvalue weighted by molar-refractivity contribution is -0.120. The zero-order valence-corrected chi connectivity index (χ0v) is 12.3. The number of amides is 1. The first-order valence-electron chi connectivity index (χ1n) is 6.81. The normalized spacial score (nSPS) is 15.8. The van der Waals surface area contributed by atoms with E-state index in [4.69, 9.17) is 4.74 Å². The second kappa shape index (κ2) is 4.58. The number of nitrogens with zero attached hydrogens (tertiary/aromatic N) is 2. The van der Waals surface area contributed by atoms with Crippen LogP contribution in [0.4, 0.5) is 5.95 Å². The van der Waals surface area contributed by atoms with Crippen LogP contribution < -0.4 is 5.32 Å². The molecule has 1 amide bonds. The highest BCUT2D eigenvalue weighted by atomic mass is 16.5. The van der Waals surface area contributed by atoms with Gasteiger partial charge in [0.2, 0.25) is 11.9 Å². The molecule has 0 saturated heterocycles. The van der Waals surface area contributed by atoms with Gasteiger partial charge in [-0.05, 0) is 31.0 Å². The number of aromatic nitrogens is 2. The molecule has 6 heteroatoms. The van der Waals surface area contributed by atoms with Crippen LogP contribution in [0.2, 0.25) is 0 Å². The van der Waals surface area contributed by atoms with Crippen LogP contribution in [-0.4, -0.2) is 28.5 Å². The van der Waals surface area contributed by atoms with E-state index in [1.54, 1.807) is 22.8 Å². The highest BCUT2D eigenvalue weighted by Gasteiger charge is 2.45. The first-order valence-corrected chi connectivity index (χ1v) is 6.81. The van der Waals surface area contributed by atoms with Crippen molar-refractivity contribution in [2.24, 2.45) is 12.5 Å². The zero-order chi connectivity index (χ0) is 15.2. The monoisotopic (exact) mass is 287 g/mol. The molecule has 1 heterocycles. The molecule has 3 rings (SSSR count). The minimum atomic E-state index is -0.404. The Kier molecular flexibility index (Phi) is 2.97. The quantitative estimate of drug-likeness (QED) is 0.877. The van der Waals surface area contributed by atoms with Crippen LogP contribution in [0.3, 0.4) is 0 Å². The Hall–Kier alpha value is -2.37. The molecule has 1 aliphatic carbocycles. The Morgan fingerprint density at radius 2 is 2.10 bits per heavy atom. The van der Waals surface area contributed by atoms with Crippen molar-refractivity contribution in [1.82, 2.24) is 9.55 Å². The van der Waals surface area contributed by atoms with E-state index in [1.165, 1.54) is 7.11 Å². The van der Waals surface area contributed by atoms with Crippen molar-refractivity contribution in [3.63, 3.8) is 0 Å². The largest absolute Gasteiger partial charge is 0.465 e. The first kappa shape index (κ1) is 13.6. The summed E-state index contributed by atoms with van der Waals surface area (Å²) < 4.78 is 6.50. The van der Waals surface area contributed by atoms with Crippen molar-refractivity contribution in [2.75, 3.05) is 12.4 Å². The van der Waals surface area contributed by atoms with Crippen molar-refractivity contribution in [1.29, 1.82) is 0 Å². The van der Waals surface area contributed by atoms with Gasteiger partial charge in [-0.25, -0.2) is 9.78 Å². The van der Waals surface area contributed by atoms with E-state index < -0.39 is 5.97 Å². The summed E-state index contributed by atoms with van der Waals surface area (Å²) in [6.45, 7) is 1.94. The van der Waals surface area contributed by atoms with Crippen molar-refractivity contribution in [3.8, 4) is 0 Å². The number of rotatable bonds is 3. The molecule has 1 aromatic heterocycles. The van der Waals surface area contributed by atoms with E-state index in [0.29, 0.717) is 17.0 Å². The number of hydrogen-bond donors (Lipinski definition) is 1. The van der Waals surface area contributed by atoms with Gasteiger partial charge in [-0.15, -0.1) is 0 Å². The molecule has 1 N–H and O–H groups in total. The summed E-state index contributed by atoms with van der Waals surface area (Å²) in [6, 6.07) is 5.14. The molecule has 6 nitrogen and oxygen atoms in total. The predicted molar refractivity (Wildman–Crippen MR) is 78.0 cm³/mol. The third-order valence-electron chi connectivity index (χ3n) is 4.08.